The fourth-order valence-electron chi connectivity index (χ4n) is 2.89. The molecule has 3 aromatic heterocycles. The first-order valence-corrected chi connectivity index (χ1v) is 8.57. The van der Waals surface area contributed by atoms with Crippen molar-refractivity contribution < 1.29 is 4.52 Å². The molecule has 0 spiro atoms. The molecule has 0 aliphatic heterocycles. The summed E-state index contributed by atoms with van der Waals surface area (Å²) < 4.78 is 8.88. The maximum absolute atomic E-state index is 6.46. The number of aromatic nitrogens is 5. The zero-order valence-electron chi connectivity index (χ0n) is 15.2. The Morgan fingerprint density at radius 2 is 1.96 bits per heavy atom. The minimum Gasteiger partial charge on any atom is -0.361 e. The van der Waals surface area contributed by atoms with Crippen molar-refractivity contribution in [2.24, 2.45) is 7.05 Å². The highest BCUT2D eigenvalue weighted by atomic mass is 35.5. The van der Waals surface area contributed by atoms with Crippen LogP contribution in [0.15, 0.2) is 16.7 Å². The largest absolute Gasteiger partial charge is 0.361 e. The first-order valence-electron chi connectivity index (χ1n) is 8.20. The molecule has 0 fully saturated rings. The lowest BCUT2D eigenvalue weighted by Crippen LogP contribution is -2.24. The highest BCUT2D eigenvalue weighted by molar-refractivity contribution is 6.30. The van der Waals surface area contributed by atoms with Crippen LogP contribution in [-0.4, -0.2) is 43.2 Å². The summed E-state index contributed by atoms with van der Waals surface area (Å²) in [5.41, 5.74) is 4.64. The van der Waals surface area contributed by atoms with Gasteiger partial charge in [-0.3, -0.25) is 9.36 Å². The van der Waals surface area contributed by atoms with E-state index in [-0.39, 0.29) is 0 Å². The van der Waals surface area contributed by atoms with Crippen LogP contribution in [0.25, 0.3) is 11.4 Å². The van der Waals surface area contributed by atoms with E-state index in [1.54, 1.807) is 4.68 Å². The van der Waals surface area contributed by atoms with Crippen LogP contribution in [0, 0.1) is 20.8 Å². The Morgan fingerprint density at radius 3 is 2.56 bits per heavy atom. The van der Waals surface area contributed by atoms with E-state index in [4.69, 9.17) is 16.1 Å². The van der Waals surface area contributed by atoms with Gasteiger partial charge in [0.15, 0.2) is 0 Å². The van der Waals surface area contributed by atoms with Crippen molar-refractivity contribution in [3.63, 3.8) is 0 Å². The van der Waals surface area contributed by atoms with Gasteiger partial charge in [-0.15, -0.1) is 0 Å². The van der Waals surface area contributed by atoms with Gasteiger partial charge >= 0.3 is 0 Å². The van der Waals surface area contributed by atoms with E-state index in [0.717, 1.165) is 35.8 Å². The molecule has 3 rings (SSSR count). The van der Waals surface area contributed by atoms with E-state index in [2.05, 4.69) is 40.3 Å². The number of nitrogens with zero attached hydrogens (tertiary/aromatic N) is 6. The Balaban J connectivity index is 1.74. The lowest BCUT2D eigenvalue weighted by molar-refractivity contribution is 0.304. The number of halogens is 1. The molecule has 3 aromatic rings. The molecule has 0 amide bonds. The van der Waals surface area contributed by atoms with Crippen LogP contribution >= 0.6 is 11.6 Å². The summed E-state index contributed by atoms with van der Waals surface area (Å²) >= 11 is 6.46. The number of likely N-dealkylation sites (N-methyl/N-ethyl adjacent to an activating group) is 1. The molecule has 0 bridgehead atoms. The van der Waals surface area contributed by atoms with Crippen LogP contribution in [0.2, 0.25) is 5.15 Å². The van der Waals surface area contributed by atoms with Gasteiger partial charge in [0.05, 0.1) is 12.2 Å². The highest BCUT2D eigenvalue weighted by Gasteiger charge is 2.20. The number of hydrogen-bond donors (Lipinski definition) is 0. The summed E-state index contributed by atoms with van der Waals surface area (Å²) in [6.07, 6.45) is 0. The molecule has 0 atom stereocenters. The minimum atomic E-state index is 0.619. The Hall–Kier alpha value is -2.12. The molecule has 0 aliphatic rings. The van der Waals surface area contributed by atoms with E-state index in [0.29, 0.717) is 17.4 Å². The van der Waals surface area contributed by atoms with Crippen LogP contribution in [-0.2, 0) is 20.1 Å². The standard InChI is InChI=1S/C17H23ClN6O/c1-11-8-12(2)24(19-11)7-6-22(4)10-14-16(20-23(5)17(14)18)15-9-13(3)25-21-15/h8-9H,6-7,10H2,1-5H3. The topological polar surface area (TPSA) is 64.9 Å². The molecule has 3 heterocycles. The maximum atomic E-state index is 6.46. The third-order valence-corrected chi connectivity index (χ3v) is 4.64. The summed E-state index contributed by atoms with van der Waals surface area (Å²) in [4.78, 5) is 2.20. The second-order valence-corrected chi connectivity index (χ2v) is 6.81. The third-order valence-electron chi connectivity index (χ3n) is 4.16. The summed E-state index contributed by atoms with van der Waals surface area (Å²) in [6.45, 7) is 8.29. The van der Waals surface area contributed by atoms with Crippen LogP contribution < -0.4 is 0 Å². The Kier molecular flexibility index (Phi) is 4.96. The van der Waals surface area contributed by atoms with Gasteiger partial charge in [-0.2, -0.15) is 10.2 Å². The zero-order valence-corrected chi connectivity index (χ0v) is 16.0. The number of aryl methyl sites for hydroxylation is 4. The molecule has 0 aliphatic carbocycles. The second-order valence-electron chi connectivity index (χ2n) is 6.45. The van der Waals surface area contributed by atoms with Gasteiger partial charge in [-0.25, -0.2) is 0 Å². The summed E-state index contributed by atoms with van der Waals surface area (Å²) in [6, 6.07) is 3.96. The molecule has 25 heavy (non-hydrogen) atoms. The van der Waals surface area contributed by atoms with Crippen molar-refractivity contribution in [1.82, 2.24) is 29.6 Å². The molecule has 0 saturated heterocycles. The molecule has 7 nitrogen and oxygen atoms in total. The molecule has 0 N–H and O–H groups in total. The number of hydrogen-bond acceptors (Lipinski definition) is 5. The Bertz CT molecular complexity index is 878. The third kappa shape index (κ3) is 3.77. The predicted octanol–water partition coefficient (Wildman–Crippen LogP) is 2.98. The molecule has 0 unspecified atom stereocenters. The van der Waals surface area contributed by atoms with Crippen molar-refractivity contribution in [3.8, 4) is 11.4 Å². The number of rotatable bonds is 6. The van der Waals surface area contributed by atoms with Crippen LogP contribution in [0.3, 0.4) is 0 Å². The molecule has 134 valence electrons. The molecular formula is C17H23ClN6O. The van der Waals surface area contributed by atoms with Crippen molar-refractivity contribution >= 4 is 11.6 Å². The zero-order chi connectivity index (χ0) is 18.1. The van der Waals surface area contributed by atoms with Gasteiger partial charge in [0.1, 0.15) is 22.3 Å². The van der Waals surface area contributed by atoms with E-state index >= 15 is 0 Å². The van der Waals surface area contributed by atoms with Gasteiger partial charge in [0.2, 0.25) is 0 Å². The fourth-order valence-corrected chi connectivity index (χ4v) is 3.07. The summed E-state index contributed by atoms with van der Waals surface area (Å²) in [5.74, 6) is 0.751. The van der Waals surface area contributed by atoms with Gasteiger partial charge in [-0.05, 0) is 33.9 Å². The van der Waals surface area contributed by atoms with Crippen molar-refractivity contribution in [1.29, 1.82) is 0 Å². The molecule has 0 radical (unpaired) electrons. The Labute approximate surface area is 152 Å². The quantitative estimate of drug-likeness (QED) is 0.674. The minimum absolute atomic E-state index is 0.619. The van der Waals surface area contributed by atoms with Gasteiger partial charge in [0, 0.05) is 37.5 Å². The fraction of sp³-hybridized carbons (Fsp3) is 0.471. The lowest BCUT2D eigenvalue weighted by atomic mass is 10.2. The molecule has 0 saturated carbocycles. The first kappa shape index (κ1) is 17.7. The molecule has 0 aromatic carbocycles. The van der Waals surface area contributed by atoms with Crippen LogP contribution in [0.4, 0.5) is 0 Å². The smallest absolute Gasteiger partial charge is 0.134 e. The lowest BCUT2D eigenvalue weighted by Gasteiger charge is -2.17. The van der Waals surface area contributed by atoms with Gasteiger partial charge in [0.25, 0.3) is 0 Å². The van der Waals surface area contributed by atoms with Crippen LogP contribution in [0.5, 0.6) is 0 Å². The van der Waals surface area contributed by atoms with Gasteiger partial charge in [-0.1, -0.05) is 16.8 Å². The first-order chi connectivity index (χ1) is 11.8. The maximum Gasteiger partial charge on any atom is 0.134 e. The van der Waals surface area contributed by atoms with Crippen molar-refractivity contribution in [2.75, 3.05) is 13.6 Å². The van der Waals surface area contributed by atoms with Crippen molar-refractivity contribution in [3.05, 3.63) is 40.0 Å². The summed E-state index contributed by atoms with van der Waals surface area (Å²) in [5, 5.41) is 13.7. The van der Waals surface area contributed by atoms with Crippen molar-refractivity contribution in [2.45, 2.75) is 33.9 Å². The SMILES string of the molecule is Cc1cc(C)n(CCN(C)Cc2c(-c3cc(C)on3)nn(C)c2Cl)n1. The average molecular weight is 363 g/mol. The van der Waals surface area contributed by atoms with E-state index in [1.807, 2.05) is 31.6 Å². The monoisotopic (exact) mass is 362 g/mol. The van der Waals surface area contributed by atoms with Gasteiger partial charge < -0.3 is 9.42 Å². The average Bonchev–Trinajstić information content (AvgIpc) is 3.19. The molecular weight excluding hydrogens is 340 g/mol. The predicted molar refractivity (Wildman–Crippen MR) is 96.5 cm³/mol. The highest BCUT2D eigenvalue weighted by Crippen LogP contribution is 2.28. The summed E-state index contributed by atoms with van der Waals surface area (Å²) in [7, 11) is 3.89. The van der Waals surface area contributed by atoms with E-state index in [1.165, 1.54) is 5.69 Å². The normalized spacial score (nSPS) is 11.6. The van der Waals surface area contributed by atoms with E-state index in [9.17, 15) is 0 Å². The Morgan fingerprint density at radius 1 is 1.20 bits per heavy atom. The molecule has 8 heteroatoms. The van der Waals surface area contributed by atoms with Crippen LogP contribution in [0.1, 0.15) is 22.7 Å². The van der Waals surface area contributed by atoms with E-state index < -0.39 is 0 Å². The second kappa shape index (κ2) is 7.01.